The van der Waals surface area contributed by atoms with Crippen LogP contribution in [0.3, 0.4) is 0 Å². The van der Waals surface area contributed by atoms with Gasteiger partial charge in [0.05, 0.1) is 30.4 Å². The fourth-order valence-electron chi connectivity index (χ4n) is 3.14. The first-order chi connectivity index (χ1) is 14.5. The highest BCUT2D eigenvalue weighted by atomic mass is 32.2. The van der Waals surface area contributed by atoms with E-state index in [1.54, 1.807) is 36.3 Å². The van der Waals surface area contributed by atoms with Gasteiger partial charge in [-0.1, -0.05) is 30.0 Å². The van der Waals surface area contributed by atoms with Gasteiger partial charge >= 0.3 is 0 Å². The first-order valence-corrected chi connectivity index (χ1v) is 10.8. The van der Waals surface area contributed by atoms with Gasteiger partial charge in [-0.2, -0.15) is 0 Å². The van der Waals surface area contributed by atoms with Crippen LogP contribution in [-0.2, 0) is 16.1 Å². The Morgan fingerprint density at radius 1 is 1.17 bits per heavy atom. The highest BCUT2D eigenvalue weighted by molar-refractivity contribution is 7.99. The lowest BCUT2D eigenvalue weighted by molar-refractivity contribution is -0.132. The predicted octanol–water partition coefficient (Wildman–Crippen LogP) is 3.64. The minimum absolute atomic E-state index is 0.00268. The van der Waals surface area contributed by atoms with Gasteiger partial charge in [-0.3, -0.25) is 9.59 Å². The average molecular weight is 427 g/mol. The molecule has 30 heavy (non-hydrogen) atoms. The van der Waals surface area contributed by atoms with Gasteiger partial charge in [0.15, 0.2) is 5.16 Å². The quantitative estimate of drug-likeness (QED) is 0.529. The summed E-state index contributed by atoms with van der Waals surface area (Å²) in [6.45, 7) is 5.15. The SMILES string of the molecule is CCN(CC(=O)Nc1cccc(OC)c1)C(=O)CSc1nc2ccccc2n1CC. The number of aromatic nitrogens is 2. The standard InChI is InChI=1S/C22H26N4O3S/c1-4-25(14-20(27)23-16-9-8-10-17(13-16)29-3)21(28)15-30-22-24-18-11-6-7-12-19(18)26(22)5-2/h6-13H,4-5,14-15H2,1-3H3,(H,23,27). The van der Waals surface area contributed by atoms with Crippen molar-refractivity contribution in [3.63, 3.8) is 0 Å². The maximum absolute atomic E-state index is 12.7. The van der Waals surface area contributed by atoms with Gasteiger partial charge in [0.2, 0.25) is 11.8 Å². The molecule has 1 heterocycles. The number of imidazole rings is 1. The summed E-state index contributed by atoms with van der Waals surface area (Å²) in [5, 5.41) is 3.62. The summed E-state index contributed by atoms with van der Waals surface area (Å²) in [6, 6.07) is 15.1. The second kappa shape index (κ2) is 10.2. The highest BCUT2D eigenvalue weighted by Gasteiger charge is 2.18. The Hall–Kier alpha value is -3.00. The monoisotopic (exact) mass is 426 g/mol. The number of carbonyl (C=O) groups is 2. The third kappa shape index (κ3) is 5.13. The van der Waals surface area contributed by atoms with E-state index in [4.69, 9.17) is 4.74 Å². The Kier molecular flexibility index (Phi) is 7.35. The molecule has 3 rings (SSSR count). The van der Waals surface area contributed by atoms with Gasteiger partial charge in [-0.25, -0.2) is 4.98 Å². The Bertz CT molecular complexity index is 1030. The van der Waals surface area contributed by atoms with Crippen molar-refractivity contribution in [3.8, 4) is 5.75 Å². The number of carbonyl (C=O) groups excluding carboxylic acids is 2. The number of likely N-dealkylation sites (N-methyl/N-ethyl adjacent to an activating group) is 1. The molecule has 8 heteroatoms. The maximum Gasteiger partial charge on any atom is 0.243 e. The van der Waals surface area contributed by atoms with Crippen molar-refractivity contribution in [2.45, 2.75) is 25.5 Å². The molecule has 0 radical (unpaired) electrons. The van der Waals surface area contributed by atoms with Crippen LogP contribution in [0.4, 0.5) is 5.69 Å². The second-order valence-corrected chi connectivity index (χ2v) is 7.55. The number of thioether (sulfide) groups is 1. The molecule has 1 aromatic heterocycles. The number of amides is 2. The summed E-state index contributed by atoms with van der Waals surface area (Å²) >= 11 is 1.40. The van der Waals surface area contributed by atoms with Crippen LogP contribution in [0.1, 0.15) is 13.8 Å². The lowest BCUT2D eigenvalue weighted by Gasteiger charge is -2.20. The largest absolute Gasteiger partial charge is 0.497 e. The molecule has 2 aromatic carbocycles. The van der Waals surface area contributed by atoms with Crippen LogP contribution < -0.4 is 10.1 Å². The summed E-state index contributed by atoms with van der Waals surface area (Å²) in [6.07, 6.45) is 0. The van der Waals surface area contributed by atoms with Crippen molar-refractivity contribution in [2.75, 3.05) is 31.3 Å². The molecule has 0 spiro atoms. The number of benzene rings is 2. The lowest BCUT2D eigenvalue weighted by Crippen LogP contribution is -2.38. The molecule has 1 N–H and O–H groups in total. The van der Waals surface area contributed by atoms with Crippen LogP contribution in [0.5, 0.6) is 5.75 Å². The van der Waals surface area contributed by atoms with Gasteiger partial charge in [-0.15, -0.1) is 0 Å². The molecule has 2 amide bonds. The number of aryl methyl sites for hydroxylation is 1. The van der Waals surface area contributed by atoms with Gasteiger partial charge in [0, 0.05) is 24.8 Å². The number of ether oxygens (including phenoxy) is 1. The molecule has 7 nitrogen and oxygen atoms in total. The zero-order valence-electron chi connectivity index (χ0n) is 17.4. The fourth-order valence-corrected chi connectivity index (χ4v) is 4.12. The van der Waals surface area contributed by atoms with Crippen LogP contribution >= 0.6 is 11.8 Å². The van der Waals surface area contributed by atoms with E-state index in [1.165, 1.54) is 11.8 Å². The van der Waals surface area contributed by atoms with Crippen LogP contribution in [0.15, 0.2) is 53.7 Å². The number of anilines is 1. The zero-order chi connectivity index (χ0) is 21.5. The third-order valence-corrected chi connectivity index (χ3v) is 5.64. The number of methoxy groups -OCH3 is 1. The van der Waals surface area contributed by atoms with Gasteiger partial charge < -0.3 is 19.5 Å². The zero-order valence-corrected chi connectivity index (χ0v) is 18.2. The first-order valence-electron chi connectivity index (χ1n) is 9.85. The Balaban J connectivity index is 1.60. The summed E-state index contributed by atoms with van der Waals surface area (Å²) in [7, 11) is 1.57. The molecule has 0 unspecified atom stereocenters. The molecule has 3 aromatic rings. The minimum atomic E-state index is -0.246. The summed E-state index contributed by atoms with van der Waals surface area (Å²) < 4.78 is 7.26. The molecule has 158 valence electrons. The highest BCUT2D eigenvalue weighted by Crippen LogP contribution is 2.24. The number of para-hydroxylation sites is 2. The normalized spacial score (nSPS) is 10.8. The van der Waals surface area contributed by atoms with E-state index < -0.39 is 0 Å². The molecule has 0 saturated heterocycles. The molecule has 0 saturated carbocycles. The molecule has 0 aliphatic heterocycles. The van der Waals surface area contributed by atoms with Gasteiger partial charge in [0.1, 0.15) is 5.75 Å². The molecule has 0 aliphatic carbocycles. The molecular weight excluding hydrogens is 400 g/mol. The van der Waals surface area contributed by atoms with E-state index in [-0.39, 0.29) is 24.1 Å². The summed E-state index contributed by atoms with van der Waals surface area (Å²) in [5.41, 5.74) is 2.60. The molecule has 0 aliphatic rings. The minimum Gasteiger partial charge on any atom is -0.497 e. The van der Waals surface area contributed by atoms with Crippen molar-refractivity contribution in [3.05, 3.63) is 48.5 Å². The molecule has 0 fully saturated rings. The van der Waals surface area contributed by atoms with Gasteiger partial charge in [-0.05, 0) is 38.1 Å². The van der Waals surface area contributed by atoms with Crippen LogP contribution in [0.2, 0.25) is 0 Å². The Morgan fingerprint density at radius 2 is 1.97 bits per heavy atom. The fraction of sp³-hybridized carbons (Fsp3) is 0.318. The van der Waals surface area contributed by atoms with E-state index in [0.717, 1.165) is 22.7 Å². The molecular formula is C22H26N4O3S. The maximum atomic E-state index is 12.7. The average Bonchev–Trinajstić information content (AvgIpc) is 3.13. The van der Waals surface area contributed by atoms with Crippen LogP contribution in [0, 0.1) is 0 Å². The van der Waals surface area contributed by atoms with Crippen molar-refractivity contribution in [1.82, 2.24) is 14.5 Å². The Labute approximate surface area is 180 Å². The Morgan fingerprint density at radius 3 is 2.70 bits per heavy atom. The van der Waals surface area contributed by atoms with Crippen molar-refractivity contribution in [1.29, 1.82) is 0 Å². The molecule has 0 bridgehead atoms. The topological polar surface area (TPSA) is 76.5 Å². The predicted molar refractivity (Wildman–Crippen MR) is 120 cm³/mol. The van der Waals surface area contributed by atoms with Crippen molar-refractivity contribution in [2.24, 2.45) is 0 Å². The third-order valence-electron chi connectivity index (χ3n) is 4.68. The van der Waals surface area contributed by atoms with E-state index in [0.29, 0.717) is 18.0 Å². The number of nitrogens with one attached hydrogen (secondary N) is 1. The van der Waals surface area contributed by atoms with E-state index in [2.05, 4.69) is 21.8 Å². The summed E-state index contributed by atoms with van der Waals surface area (Å²) in [5.74, 6) is 0.539. The number of nitrogens with zero attached hydrogens (tertiary/aromatic N) is 3. The van der Waals surface area contributed by atoms with E-state index in [1.807, 2.05) is 31.2 Å². The number of hydrogen-bond donors (Lipinski definition) is 1. The van der Waals surface area contributed by atoms with Crippen LogP contribution in [-0.4, -0.2) is 52.2 Å². The lowest BCUT2D eigenvalue weighted by atomic mass is 10.3. The number of rotatable bonds is 9. The van der Waals surface area contributed by atoms with E-state index >= 15 is 0 Å². The van der Waals surface area contributed by atoms with Crippen molar-refractivity contribution >= 4 is 40.3 Å². The summed E-state index contributed by atoms with van der Waals surface area (Å²) in [4.78, 5) is 31.3. The number of fused-ring (bicyclic) bond motifs is 1. The smallest absolute Gasteiger partial charge is 0.243 e. The van der Waals surface area contributed by atoms with Crippen molar-refractivity contribution < 1.29 is 14.3 Å². The molecule has 0 atom stereocenters. The first kappa shape index (κ1) is 21.7. The van der Waals surface area contributed by atoms with Gasteiger partial charge in [0.25, 0.3) is 0 Å². The van der Waals surface area contributed by atoms with E-state index in [9.17, 15) is 9.59 Å². The second-order valence-electron chi connectivity index (χ2n) is 6.60. The number of hydrogen-bond acceptors (Lipinski definition) is 5. The van der Waals surface area contributed by atoms with Crippen LogP contribution in [0.25, 0.3) is 11.0 Å².